The minimum atomic E-state index is -3.65. The lowest BCUT2D eigenvalue weighted by Gasteiger charge is -2.11. The quantitative estimate of drug-likeness (QED) is 0.445. The highest BCUT2D eigenvalue weighted by molar-refractivity contribution is 8.26. The summed E-state index contributed by atoms with van der Waals surface area (Å²) in [5.41, 5.74) is 0.684. The van der Waals surface area contributed by atoms with E-state index < -0.39 is 10.1 Å². The van der Waals surface area contributed by atoms with Crippen LogP contribution in [0.5, 0.6) is 11.5 Å². The molecule has 1 aliphatic heterocycles. The van der Waals surface area contributed by atoms with Crippen LogP contribution in [0.2, 0.25) is 0 Å². The maximum atomic E-state index is 12.0. The van der Waals surface area contributed by atoms with Gasteiger partial charge >= 0.3 is 10.1 Å². The molecule has 9 heteroatoms. The van der Waals surface area contributed by atoms with E-state index in [1.54, 1.807) is 32.2 Å². The maximum Gasteiger partial charge on any atom is 0.306 e. The second-order valence-corrected chi connectivity index (χ2v) is 7.92. The zero-order chi connectivity index (χ0) is 17.2. The van der Waals surface area contributed by atoms with E-state index in [1.165, 1.54) is 22.7 Å². The van der Waals surface area contributed by atoms with Gasteiger partial charge in [0.1, 0.15) is 4.32 Å². The second kappa shape index (κ2) is 6.90. The van der Waals surface area contributed by atoms with E-state index in [9.17, 15) is 13.2 Å². The topological polar surface area (TPSA) is 72.9 Å². The van der Waals surface area contributed by atoms with Gasteiger partial charge in [0, 0.05) is 7.05 Å². The molecule has 0 aromatic heterocycles. The number of likely N-dealkylation sites (N-methyl/N-ethyl adjacent to an activating group) is 1. The van der Waals surface area contributed by atoms with Crippen molar-refractivity contribution in [2.75, 3.05) is 19.9 Å². The first kappa shape index (κ1) is 17.8. The Morgan fingerprint density at radius 3 is 2.57 bits per heavy atom. The van der Waals surface area contributed by atoms with Crippen molar-refractivity contribution in [3.8, 4) is 11.5 Å². The molecule has 0 aliphatic carbocycles. The third kappa shape index (κ3) is 4.46. The number of ether oxygens (including phenoxy) is 1. The Morgan fingerprint density at radius 1 is 1.35 bits per heavy atom. The SMILES string of the molecule is CCOc1cc(/C=C2/SC(=S)N(C)C2=O)ccc1OS(C)(=O)=O. The Labute approximate surface area is 144 Å². The zero-order valence-electron chi connectivity index (χ0n) is 12.7. The number of rotatable bonds is 5. The third-order valence-electron chi connectivity index (χ3n) is 2.79. The first-order valence-corrected chi connectivity index (χ1v) is 9.63. The molecule has 124 valence electrons. The average molecular weight is 373 g/mol. The summed E-state index contributed by atoms with van der Waals surface area (Å²) in [4.78, 5) is 13.9. The molecule has 1 amide bonds. The number of carbonyl (C=O) groups excluding carboxylic acids is 1. The van der Waals surface area contributed by atoms with Gasteiger partial charge in [-0.05, 0) is 30.7 Å². The third-order valence-corrected chi connectivity index (χ3v) is 4.76. The molecule has 0 unspecified atom stereocenters. The van der Waals surface area contributed by atoms with Crippen LogP contribution in [0.1, 0.15) is 12.5 Å². The average Bonchev–Trinajstić information content (AvgIpc) is 2.68. The van der Waals surface area contributed by atoms with Gasteiger partial charge in [0.15, 0.2) is 11.5 Å². The molecule has 0 N–H and O–H groups in total. The van der Waals surface area contributed by atoms with Gasteiger partial charge in [0.25, 0.3) is 5.91 Å². The van der Waals surface area contributed by atoms with E-state index in [2.05, 4.69) is 0 Å². The molecular weight excluding hydrogens is 358 g/mol. The highest BCUT2D eigenvalue weighted by atomic mass is 32.2. The van der Waals surface area contributed by atoms with Crippen LogP contribution in [0.25, 0.3) is 6.08 Å². The molecule has 1 heterocycles. The molecule has 1 fully saturated rings. The Hall–Kier alpha value is -1.58. The van der Waals surface area contributed by atoms with Gasteiger partial charge in [-0.2, -0.15) is 8.42 Å². The van der Waals surface area contributed by atoms with E-state index in [0.29, 0.717) is 27.1 Å². The minimum Gasteiger partial charge on any atom is -0.490 e. The van der Waals surface area contributed by atoms with Crippen LogP contribution in [0.15, 0.2) is 23.1 Å². The molecule has 2 rings (SSSR count). The van der Waals surface area contributed by atoms with Crippen LogP contribution in [-0.4, -0.2) is 43.5 Å². The van der Waals surface area contributed by atoms with E-state index in [1.807, 2.05) is 0 Å². The predicted molar refractivity (Wildman–Crippen MR) is 94.0 cm³/mol. The van der Waals surface area contributed by atoms with Crippen molar-refractivity contribution in [1.82, 2.24) is 4.90 Å². The fourth-order valence-electron chi connectivity index (χ4n) is 1.81. The number of amides is 1. The van der Waals surface area contributed by atoms with E-state index in [-0.39, 0.29) is 11.7 Å². The Balaban J connectivity index is 2.36. The highest BCUT2D eigenvalue weighted by Crippen LogP contribution is 2.34. The van der Waals surface area contributed by atoms with E-state index in [0.717, 1.165) is 6.26 Å². The molecule has 1 aromatic carbocycles. The molecule has 6 nitrogen and oxygen atoms in total. The Morgan fingerprint density at radius 2 is 2.04 bits per heavy atom. The van der Waals surface area contributed by atoms with Crippen molar-refractivity contribution >= 4 is 50.4 Å². The summed E-state index contributed by atoms with van der Waals surface area (Å²) in [5.74, 6) is 0.225. The summed E-state index contributed by atoms with van der Waals surface area (Å²) < 4.78 is 33.3. The monoisotopic (exact) mass is 373 g/mol. The van der Waals surface area contributed by atoms with E-state index >= 15 is 0 Å². The Bertz CT molecular complexity index is 786. The van der Waals surface area contributed by atoms with Crippen molar-refractivity contribution in [1.29, 1.82) is 0 Å². The molecule has 0 atom stereocenters. The summed E-state index contributed by atoms with van der Waals surface area (Å²) in [7, 11) is -2.04. The van der Waals surface area contributed by atoms with Crippen LogP contribution < -0.4 is 8.92 Å². The van der Waals surface area contributed by atoms with Gasteiger partial charge in [-0.15, -0.1) is 0 Å². The highest BCUT2D eigenvalue weighted by Gasteiger charge is 2.28. The fourth-order valence-corrected chi connectivity index (χ4v) is 3.45. The van der Waals surface area contributed by atoms with Crippen LogP contribution in [0, 0.1) is 0 Å². The van der Waals surface area contributed by atoms with Gasteiger partial charge < -0.3 is 8.92 Å². The second-order valence-electron chi connectivity index (χ2n) is 4.67. The van der Waals surface area contributed by atoms with Crippen molar-refractivity contribution in [3.63, 3.8) is 0 Å². The molecule has 1 aromatic rings. The van der Waals surface area contributed by atoms with Crippen LogP contribution in [0.3, 0.4) is 0 Å². The number of benzene rings is 1. The molecular formula is C14H15NO5S3. The normalized spacial score (nSPS) is 17.0. The first-order chi connectivity index (χ1) is 10.7. The number of thioether (sulfide) groups is 1. The van der Waals surface area contributed by atoms with E-state index in [4.69, 9.17) is 21.1 Å². The number of hydrogen-bond donors (Lipinski definition) is 0. The standard InChI is InChI=1S/C14H15NO5S3/c1-4-19-11-7-9(5-6-10(11)20-23(3,17)18)8-12-13(16)15(2)14(21)22-12/h5-8H,4H2,1-3H3/b12-8+. The van der Waals surface area contributed by atoms with Crippen molar-refractivity contribution in [2.24, 2.45) is 0 Å². The lowest BCUT2D eigenvalue weighted by molar-refractivity contribution is -0.121. The van der Waals surface area contributed by atoms with Crippen LogP contribution in [-0.2, 0) is 14.9 Å². The van der Waals surface area contributed by atoms with Crippen molar-refractivity contribution < 1.29 is 22.1 Å². The molecule has 1 saturated heterocycles. The fraction of sp³-hybridized carbons (Fsp3) is 0.286. The summed E-state index contributed by atoms with van der Waals surface area (Å²) in [6.07, 6.45) is 2.64. The van der Waals surface area contributed by atoms with Crippen molar-refractivity contribution in [2.45, 2.75) is 6.92 Å². The molecule has 0 spiro atoms. The number of thiocarbonyl (C=S) groups is 1. The minimum absolute atomic E-state index is 0.106. The van der Waals surface area contributed by atoms with Crippen LogP contribution >= 0.6 is 24.0 Å². The molecule has 0 saturated carbocycles. The first-order valence-electron chi connectivity index (χ1n) is 6.59. The number of nitrogens with zero attached hydrogens (tertiary/aromatic N) is 1. The van der Waals surface area contributed by atoms with Crippen LogP contribution in [0.4, 0.5) is 0 Å². The van der Waals surface area contributed by atoms with Gasteiger partial charge in [0.05, 0.1) is 17.8 Å². The molecule has 0 bridgehead atoms. The molecule has 1 aliphatic rings. The van der Waals surface area contributed by atoms with Gasteiger partial charge in [0.2, 0.25) is 0 Å². The number of carbonyl (C=O) groups is 1. The predicted octanol–water partition coefficient (Wildman–Crippen LogP) is 2.25. The molecule has 0 radical (unpaired) electrons. The summed E-state index contributed by atoms with van der Waals surface area (Å²) in [6, 6.07) is 4.75. The summed E-state index contributed by atoms with van der Waals surface area (Å²) >= 11 is 6.29. The maximum absolute atomic E-state index is 12.0. The molecule has 23 heavy (non-hydrogen) atoms. The van der Waals surface area contributed by atoms with Crippen molar-refractivity contribution in [3.05, 3.63) is 28.7 Å². The summed E-state index contributed by atoms with van der Waals surface area (Å²) in [6.45, 7) is 2.12. The number of hydrogen-bond acceptors (Lipinski definition) is 7. The van der Waals surface area contributed by atoms with Gasteiger partial charge in [-0.25, -0.2) is 0 Å². The Kier molecular flexibility index (Phi) is 5.33. The summed E-state index contributed by atoms with van der Waals surface area (Å²) in [5, 5.41) is 0. The van der Waals surface area contributed by atoms with Gasteiger partial charge in [-0.3, -0.25) is 9.69 Å². The largest absolute Gasteiger partial charge is 0.490 e. The van der Waals surface area contributed by atoms with Gasteiger partial charge in [-0.1, -0.05) is 30.0 Å². The lowest BCUT2D eigenvalue weighted by atomic mass is 10.2. The zero-order valence-corrected chi connectivity index (χ0v) is 15.2. The lowest BCUT2D eigenvalue weighted by Crippen LogP contribution is -2.22. The smallest absolute Gasteiger partial charge is 0.306 e.